The third kappa shape index (κ3) is 4.83. The molecule has 3 atom stereocenters. The summed E-state index contributed by atoms with van der Waals surface area (Å²) in [5, 5.41) is 0. The molecule has 202 valence electrons. The van der Waals surface area contributed by atoms with Crippen molar-refractivity contribution in [2.75, 3.05) is 18.0 Å². The number of fused-ring (bicyclic) bond motifs is 1. The second-order valence-electron chi connectivity index (χ2n) is 9.55. The summed E-state index contributed by atoms with van der Waals surface area (Å²) >= 11 is 6.09. The second kappa shape index (κ2) is 10.2. The molecule has 1 saturated heterocycles. The summed E-state index contributed by atoms with van der Waals surface area (Å²) in [6.45, 7) is 6.59. The van der Waals surface area contributed by atoms with E-state index in [0.29, 0.717) is 54.8 Å². The van der Waals surface area contributed by atoms with E-state index in [9.17, 15) is 22.4 Å². The Bertz CT molecular complexity index is 1350. The Kier molecular flexibility index (Phi) is 7.58. The first kappa shape index (κ1) is 27.4. The molecule has 1 aromatic carbocycles. The summed E-state index contributed by atoms with van der Waals surface area (Å²) in [6, 6.07) is 2.00. The summed E-state index contributed by atoms with van der Waals surface area (Å²) in [6.07, 6.45) is -3.34. The molecule has 7 nitrogen and oxygen atoms in total. The number of nitrogens with zero attached hydrogens (tertiary/aromatic N) is 6. The maximum Gasteiger partial charge on any atom is 0.416 e. The van der Waals surface area contributed by atoms with Gasteiger partial charge in [-0.25, -0.2) is 14.2 Å². The van der Waals surface area contributed by atoms with Crippen LogP contribution in [-0.4, -0.2) is 49.2 Å². The van der Waals surface area contributed by atoms with Crippen LogP contribution < -0.4 is 10.6 Å². The van der Waals surface area contributed by atoms with Gasteiger partial charge in [0.2, 0.25) is 0 Å². The maximum atomic E-state index is 13.8. The van der Waals surface area contributed by atoms with E-state index in [1.165, 1.54) is 10.6 Å². The zero-order valence-electron chi connectivity index (χ0n) is 21.5. The standard InChI is InChI=1S/C25H31ClF4N6O/c1-6-16-13-36(22-21-23(34(5)24(37)32-22)33(4)20(11-26)31-21)17(7-2)12-35(16)14(3)18-9-8-15(27)10-19(18)25(28,29)30/h8-10,14,16-17H,6-7,11-13H2,1-5H3/t14?,16-,17+/m1/s1. The lowest BCUT2D eigenvalue weighted by atomic mass is 9.94. The molecule has 3 aromatic rings. The van der Waals surface area contributed by atoms with Gasteiger partial charge in [0.25, 0.3) is 0 Å². The van der Waals surface area contributed by atoms with Gasteiger partial charge in [-0.3, -0.25) is 9.47 Å². The molecule has 4 rings (SSSR count). The minimum atomic E-state index is -4.67. The minimum absolute atomic E-state index is 0.0428. The quantitative estimate of drug-likeness (QED) is 0.324. The molecular formula is C25H31ClF4N6O. The minimum Gasteiger partial charge on any atom is -0.349 e. The van der Waals surface area contributed by atoms with E-state index in [4.69, 9.17) is 11.6 Å². The summed E-state index contributed by atoms with van der Waals surface area (Å²) in [7, 11) is 3.43. The Hall–Kier alpha value is -2.66. The highest BCUT2D eigenvalue weighted by Gasteiger charge is 2.40. The number of benzene rings is 1. The Morgan fingerprint density at radius 3 is 2.35 bits per heavy atom. The van der Waals surface area contributed by atoms with Gasteiger partial charge in [-0.2, -0.15) is 18.2 Å². The Morgan fingerprint density at radius 2 is 1.76 bits per heavy atom. The molecule has 0 saturated carbocycles. The molecule has 12 heteroatoms. The van der Waals surface area contributed by atoms with Crippen LogP contribution in [0.5, 0.6) is 0 Å². The number of aryl methyl sites for hydroxylation is 2. The molecule has 1 aliphatic rings. The van der Waals surface area contributed by atoms with Crippen LogP contribution in [0.1, 0.15) is 56.6 Å². The van der Waals surface area contributed by atoms with E-state index < -0.39 is 29.3 Å². The van der Waals surface area contributed by atoms with Gasteiger partial charge in [0, 0.05) is 45.3 Å². The molecule has 1 unspecified atom stereocenters. The number of hydrogen-bond donors (Lipinski definition) is 0. The maximum absolute atomic E-state index is 13.8. The van der Waals surface area contributed by atoms with Gasteiger partial charge < -0.3 is 9.47 Å². The van der Waals surface area contributed by atoms with E-state index in [1.807, 2.05) is 18.7 Å². The molecule has 1 fully saturated rings. The first-order valence-corrected chi connectivity index (χ1v) is 12.8. The van der Waals surface area contributed by atoms with Gasteiger partial charge in [-0.15, -0.1) is 11.6 Å². The molecule has 0 N–H and O–H groups in total. The molecule has 2 aromatic heterocycles. The highest BCUT2D eigenvalue weighted by molar-refractivity contribution is 6.16. The summed E-state index contributed by atoms with van der Waals surface area (Å²) < 4.78 is 58.3. The fourth-order valence-electron chi connectivity index (χ4n) is 5.43. The predicted octanol–water partition coefficient (Wildman–Crippen LogP) is 5.00. The van der Waals surface area contributed by atoms with Crippen LogP contribution in [-0.2, 0) is 26.2 Å². The zero-order chi connectivity index (χ0) is 27.2. The van der Waals surface area contributed by atoms with Crippen molar-refractivity contribution in [2.24, 2.45) is 14.1 Å². The van der Waals surface area contributed by atoms with Crippen molar-refractivity contribution >= 4 is 28.6 Å². The Labute approximate surface area is 217 Å². The van der Waals surface area contributed by atoms with Crippen molar-refractivity contribution in [1.82, 2.24) is 24.0 Å². The first-order valence-electron chi connectivity index (χ1n) is 12.3. The lowest BCUT2D eigenvalue weighted by Crippen LogP contribution is -2.59. The van der Waals surface area contributed by atoms with Crippen LogP contribution in [0.3, 0.4) is 0 Å². The van der Waals surface area contributed by atoms with Crippen LogP contribution in [0.2, 0.25) is 0 Å². The monoisotopic (exact) mass is 542 g/mol. The van der Waals surface area contributed by atoms with E-state index in [0.717, 1.165) is 6.07 Å². The smallest absolute Gasteiger partial charge is 0.349 e. The van der Waals surface area contributed by atoms with Gasteiger partial charge in [-0.05, 0) is 37.5 Å². The average molecular weight is 543 g/mol. The van der Waals surface area contributed by atoms with Crippen LogP contribution in [0.4, 0.5) is 23.4 Å². The molecule has 0 bridgehead atoms. The van der Waals surface area contributed by atoms with E-state index in [1.54, 1.807) is 25.6 Å². The number of imidazole rings is 1. The van der Waals surface area contributed by atoms with Gasteiger partial charge in [0.1, 0.15) is 22.8 Å². The molecule has 1 aliphatic heterocycles. The predicted molar refractivity (Wildman–Crippen MR) is 135 cm³/mol. The van der Waals surface area contributed by atoms with Crippen LogP contribution in [0.25, 0.3) is 11.2 Å². The fraction of sp³-hybridized carbons (Fsp3) is 0.560. The summed E-state index contributed by atoms with van der Waals surface area (Å²) in [5.41, 5.74) is -0.173. The molecule has 0 aliphatic carbocycles. The second-order valence-corrected chi connectivity index (χ2v) is 9.82. The van der Waals surface area contributed by atoms with Crippen molar-refractivity contribution in [1.29, 1.82) is 0 Å². The summed E-state index contributed by atoms with van der Waals surface area (Å²) in [5.74, 6) is 0.307. The van der Waals surface area contributed by atoms with Crippen molar-refractivity contribution in [2.45, 2.75) is 63.8 Å². The number of anilines is 1. The SMILES string of the molecule is CC[C@H]1CN(C(C)c2ccc(F)cc2C(F)(F)F)[C@H](CC)CN1c1nc(=O)n(C)c2c1nc(CCl)n2C. The first-order chi connectivity index (χ1) is 17.4. The van der Waals surface area contributed by atoms with Crippen molar-refractivity contribution in [3.05, 3.63) is 51.5 Å². The lowest BCUT2D eigenvalue weighted by molar-refractivity contribution is -0.139. The number of piperazine rings is 1. The number of alkyl halides is 4. The van der Waals surface area contributed by atoms with E-state index in [2.05, 4.69) is 14.9 Å². The van der Waals surface area contributed by atoms with Gasteiger partial charge in [0.05, 0.1) is 11.4 Å². The highest BCUT2D eigenvalue weighted by atomic mass is 35.5. The number of aromatic nitrogens is 4. The van der Waals surface area contributed by atoms with Gasteiger partial charge in [0.15, 0.2) is 5.82 Å². The average Bonchev–Trinajstić information content (AvgIpc) is 3.20. The Balaban J connectivity index is 1.77. The van der Waals surface area contributed by atoms with Crippen LogP contribution >= 0.6 is 11.6 Å². The largest absolute Gasteiger partial charge is 0.416 e. The Morgan fingerprint density at radius 1 is 1.08 bits per heavy atom. The van der Waals surface area contributed by atoms with E-state index in [-0.39, 0.29) is 23.5 Å². The normalized spacial score (nSPS) is 20.1. The molecule has 0 spiro atoms. The molecule has 37 heavy (non-hydrogen) atoms. The molecule has 3 heterocycles. The number of rotatable bonds is 6. The van der Waals surface area contributed by atoms with E-state index >= 15 is 0 Å². The third-order valence-corrected chi connectivity index (χ3v) is 7.76. The third-order valence-electron chi connectivity index (χ3n) is 7.52. The van der Waals surface area contributed by atoms with Crippen molar-refractivity contribution in [3.63, 3.8) is 0 Å². The highest BCUT2D eigenvalue weighted by Crippen LogP contribution is 2.39. The number of halogens is 5. The lowest BCUT2D eigenvalue weighted by Gasteiger charge is -2.49. The van der Waals surface area contributed by atoms with Crippen molar-refractivity contribution in [3.8, 4) is 0 Å². The molecule has 0 amide bonds. The fourth-order valence-corrected chi connectivity index (χ4v) is 5.67. The molecule has 0 radical (unpaired) electrons. The van der Waals surface area contributed by atoms with Crippen LogP contribution in [0, 0.1) is 5.82 Å². The topological polar surface area (TPSA) is 59.2 Å². The summed E-state index contributed by atoms with van der Waals surface area (Å²) in [4.78, 5) is 26.0. The van der Waals surface area contributed by atoms with Crippen LogP contribution in [0.15, 0.2) is 23.0 Å². The number of hydrogen-bond acceptors (Lipinski definition) is 5. The zero-order valence-corrected chi connectivity index (χ0v) is 22.2. The molecular weight excluding hydrogens is 512 g/mol. The van der Waals surface area contributed by atoms with Gasteiger partial charge in [-0.1, -0.05) is 19.9 Å². The van der Waals surface area contributed by atoms with Crippen molar-refractivity contribution < 1.29 is 17.6 Å². The van der Waals surface area contributed by atoms with Gasteiger partial charge >= 0.3 is 11.9 Å².